The van der Waals surface area contributed by atoms with Crippen molar-refractivity contribution >= 4 is 34.6 Å². The Hall–Kier alpha value is -4.26. The Morgan fingerprint density at radius 3 is 1.48 bits per heavy atom. The quantitative estimate of drug-likeness (QED) is 0.308. The molecular weight excluding hydrogens is 500 g/mol. The number of carbonyl (C=O) groups is 2. The zero-order chi connectivity index (χ0) is 28.4. The lowest BCUT2D eigenvalue weighted by Gasteiger charge is -2.29. The molecule has 0 saturated heterocycles. The average molecular weight is 537 g/mol. The van der Waals surface area contributed by atoms with E-state index in [9.17, 15) is 9.59 Å². The number of hydrogen-bond acceptors (Lipinski definition) is 5. The smallest absolute Gasteiger partial charge is 0.256 e. The van der Waals surface area contributed by atoms with E-state index in [0.717, 1.165) is 45.2 Å². The van der Waals surface area contributed by atoms with Crippen molar-refractivity contribution in [2.45, 2.75) is 53.4 Å². The predicted octanol–water partition coefficient (Wildman–Crippen LogP) is 6.64. The summed E-state index contributed by atoms with van der Waals surface area (Å²) in [5.41, 5.74) is 6.07. The van der Waals surface area contributed by atoms with Crippen molar-refractivity contribution in [3.05, 3.63) is 89.5 Å². The van der Waals surface area contributed by atoms with Crippen LogP contribution in [0.2, 0.25) is 0 Å². The third kappa shape index (κ3) is 5.04. The first kappa shape index (κ1) is 27.3. The molecule has 0 bridgehead atoms. The number of aryl methyl sites for hydroxylation is 2. The van der Waals surface area contributed by atoms with Crippen LogP contribution in [0.5, 0.6) is 5.75 Å². The number of anilines is 2. The molecule has 2 atom stereocenters. The van der Waals surface area contributed by atoms with Gasteiger partial charge in [0.2, 0.25) is 0 Å². The highest BCUT2D eigenvalue weighted by Crippen LogP contribution is 2.44. The molecular formula is C33H36N4O3. The zero-order valence-electron chi connectivity index (χ0n) is 23.8. The van der Waals surface area contributed by atoms with Crippen LogP contribution in [0.1, 0.15) is 56.2 Å². The van der Waals surface area contributed by atoms with Gasteiger partial charge < -0.3 is 4.74 Å². The van der Waals surface area contributed by atoms with E-state index in [2.05, 4.69) is 0 Å². The monoisotopic (exact) mass is 536 g/mol. The fraction of sp³-hybridized carbons (Fsp3) is 0.333. The Labute approximate surface area is 236 Å². The fourth-order valence-electron chi connectivity index (χ4n) is 5.60. The normalized spacial score (nSPS) is 19.6. The van der Waals surface area contributed by atoms with Crippen molar-refractivity contribution in [1.29, 1.82) is 0 Å². The highest BCUT2D eigenvalue weighted by atomic mass is 16.5. The van der Waals surface area contributed by atoms with Crippen LogP contribution in [-0.4, -0.2) is 29.8 Å². The van der Waals surface area contributed by atoms with E-state index in [1.807, 2.05) is 107 Å². The Balaban J connectivity index is 1.60. The molecule has 3 aromatic carbocycles. The van der Waals surface area contributed by atoms with E-state index in [1.54, 1.807) is 0 Å². The molecule has 0 aromatic heterocycles. The lowest BCUT2D eigenvalue weighted by molar-refractivity contribution is -0.122. The second-order valence-electron chi connectivity index (χ2n) is 10.3. The standard InChI is InChI=1S/C33H36N4O3/c1-6-27-30(32(38)36(34-27)24-15-9-21(4)10-16-24)29(23-13-19-26(20-14-23)40-8-3)31-28(7-2)35-37(33(31)39)25-17-11-22(5)12-18-25/h9-20,29-31H,6-8H2,1-5H3. The molecule has 2 aliphatic heterocycles. The predicted molar refractivity (Wildman–Crippen MR) is 160 cm³/mol. The summed E-state index contributed by atoms with van der Waals surface area (Å²) in [4.78, 5) is 28.4. The van der Waals surface area contributed by atoms with E-state index in [0.29, 0.717) is 19.4 Å². The first-order valence-electron chi connectivity index (χ1n) is 14.0. The van der Waals surface area contributed by atoms with Gasteiger partial charge in [0.05, 0.1) is 41.2 Å². The molecule has 5 rings (SSSR count). The molecule has 2 unspecified atom stereocenters. The van der Waals surface area contributed by atoms with Gasteiger partial charge in [0, 0.05) is 5.92 Å². The van der Waals surface area contributed by atoms with Gasteiger partial charge >= 0.3 is 0 Å². The highest BCUT2D eigenvalue weighted by Gasteiger charge is 2.51. The van der Waals surface area contributed by atoms with Crippen LogP contribution in [0.25, 0.3) is 0 Å². The third-order valence-corrected chi connectivity index (χ3v) is 7.70. The maximum absolute atomic E-state index is 14.2. The van der Waals surface area contributed by atoms with Gasteiger partial charge in [-0.25, -0.2) is 10.0 Å². The zero-order valence-corrected chi connectivity index (χ0v) is 23.8. The molecule has 0 aliphatic carbocycles. The minimum absolute atomic E-state index is 0.128. The molecule has 7 nitrogen and oxygen atoms in total. The minimum atomic E-state index is -0.604. The maximum atomic E-state index is 14.2. The molecule has 2 amide bonds. The largest absolute Gasteiger partial charge is 0.494 e. The van der Waals surface area contributed by atoms with E-state index in [-0.39, 0.29) is 11.8 Å². The van der Waals surface area contributed by atoms with Crippen LogP contribution in [0.4, 0.5) is 11.4 Å². The number of amides is 2. The number of carbonyl (C=O) groups excluding carboxylic acids is 2. The Bertz CT molecular complexity index is 1360. The Kier molecular flexibility index (Phi) is 7.83. The summed E-state index contributed by atoms with van der Waals surface area (Å²) in [6.45, 7) is 10.5. The van der Waals surface area contributed by atoms with Crippen LogP contribution in [0, 0.1) is 25.7 Å². The summed E-state index contributed by atoms with van der Waals surface area (Å²) < 4.78 is 5.69. The lowest BCUT2D eigenvalue weighted by atomic mass is 9.71. The van der Waals surface area contributed by atoms with Crippen molar-refractivity contribution in [1.82, 2.24) is 0 Å². The van der Waals surface area contributed by atoms with Crippen LogP contribution in [0.15, 0.2) is 83.0 Å². The summed E-state index contributed by atoms with van der Waals surface area (Å²) >= 11 is 0. The summed E-state index contributed by atoms with van der Waals surface area (Å²) in [6, 6.07) is 23.3. The second kappa shape index (κ2) is 11.5. The van der Waals surface area contributed by atoms with E-state index in [1.165, 1.54) is 10.0 Å². The van der Waals surface area contributed by atoms with Gasteiger partial charge in [-0.2, -0.15) is 10.2 Å². The van der Waals surface area contributed by atoms with Crippen molar-refractivity contribution < 1.29 is 14.3 Å². The molecule has 206 valence electrons. The molecule has 7 heteroatoms. The number of rotatable bonds is 9. The van der Waals surface area contributed by atoms with E-state index < -0.39 is 17.8 Å². The number of hydrazone groups is 2. The van der Waals surface area contributed by atoms with Gasteiger partial charge in [-0.3, -0.25) is 9.59 Å². The van der Waals surface area contributed by atoms with Crippen molar-refractivity contribution in [3.63, 3.8) is 0 Å². The van der Waals surface area contributed by atoms with Gasteiger partial charge in [0.15, 0.2) is 0 Å². The number of ether oxygens (including phenoxy) is 1. The van der Waals surface area contributed by atoms with Gasteiger partial charge in [-0.15, -0.1) is 0 Å². The molecule has 2 heterocycles. The van der Waals surface area contributed by atoms with Crippen LogP contribution in [0.3, 0.4) is 0 Å². The summed E-state index contributed by atoms with van der Waals surface area (Å²) in [7, 11) is 0. The molecule has 0 N–H and O–H groups in total. The lowest BCUT2D eigenvalue weighted by Crippen LogP contribution is -2.40. The maximum Gasteiger partial charge on any atom is 0.256 e. The first-order chi connectivity index (χ1) is 19.4. The number of benzene rings is 3. The number of hydrogen-bond donors (Lipinski definition) is 0. The molecule has 0 radical (unpaired) electrons. The Morgan fingerprint density at radius 1 is 0.675 bits per heavy atom. The Morgan fingerprint density at radius 2 is 1.10 bits per heavy atom. The second-order valence-corrected chi connectivity index (χ2v) is 10.3. The average Bonchev–Trinajstić information content (AvgIpc) is 3.47. The van der Waals surface area contributed by atoms with Gasteiger partial charge in [0.1, 0.15) is 5.75 Å². The van der Waals surface area contributed by atoms with Crippen molar-refractivity contribution in [2.75, 3.05) is 16.6 Å². The first-order valence-corrected chi connectivity index (χ1v) is 14.0. The molecule has 3 aromatic rings. The fourth-order valence-corrected chi connectivity index (χ4v) is 5.60. The van der Waals surface area contributed by atoms with Crippen LogP contribution in [-0.2, 0) is 9.59 Å². The molecule has 0 saturated carbocycles. The van der Waals surface area contributed by atoms with Crippen LogP contribution < -0.4 is 14.8 Å². The summed E-state index contributed by atoms with van der Waals surface area (Å²) in [6.07, 6.45) is 1.18. The molecule has 0 spiro atoms. The van der Waals surface area contributed by atoms with E-state index >= 15 is 0 Å². The van der Waals surface area contributed by atoms with Gasteiger partial charge in [-0.1, -0.05) is 61.4 Å². The van der Waals surface area contributed by atoms with Crippen molar-refractivity contribution in [2.24, 2.45) is 22.0 Å². The van der Waals surface area contributed by atoms with Crippen LogP contribution >= 0.6 is 0 Å². The highest BCUT2D eigenvalue weighted by molar-refractivity contribution is 6.20. The van der Waals surface area contributed by atoms with E-state index in [4.69, 9.17) is 14.9 Å². The van der Waals surface area contributed by atoms with Gasteiger partial charge in [0.25, 0.3) is 11.8 Å². The van der Waals surface area contributed by atoms with Gasteiger partial charge in [-0.05, 0) is 75.6 Å². The van der Waals surface area contributed by atoms with Crippen molar-refractivity contribution in [3.8, 4) is 5.75 Å². The SMILES string of the molecule is CCOc1ccc(C(C2C(=O)N(c3ccc(C)cc3)N=C2CC)C2C(=O)N(c3ccc(C)cc3)N=C2CC)cc1. The topological polar surface area (TPSA) is 74.6 Å². The third-order valence-electron chi connectivity index (χ3n) is 7.70. The molecule has 0 fully saturated rings. The number of nitrogens with zero attached hydrogens (tertiary/aromatic N) is 4. The molecule has 40 heavy (non-hydrogen) atoms. The summed E-state index contributed by atoms with van der Waals surface area (Å²) in [5, 5.41) is 12.6. The minimum Gasteiger partial charge on any atom is -0.494 e. The molecule has 2 aliphatic rings. The summed E-state index contributed by atoms with van der Waals surface area (Å²) in [5.74, 6) is -1.19.